The van der Waals surface area contributed by atoms with Crippen LogP contribution in [-0.4, -0.2) is 19.9 Å². The quantitative estimate of drug-likeness (QED) is 0.174. The molecule has 7 aromatic carbocycles. The van der Waals surface area contributed by atoms with Crippen molar-refractivity contribution in [2.24, 2.45) is 0 Å². The molecule has 5 heteroatoms. The molecule has 0 N–H and O–H groups in total. The van der Waals surface area contributed by atoms with Crippen molar-refractivity contribution in [1.82, 2.24) is 19.9 Å². The molecule has 53 heavy (non-hydrogen) atoms. The number of fused-ring (bicyclic) bond motifs is 4. The topological polar surface area (TPSA) is 51.6 Å². The van der Waals surface area contributed by atoms with Crippen LogP contribution in [-0.2, 0) is 0 Å². The minimum atomic E-state index is 0.620. The number of thiophene rings is 1. The highest BCUT2D eigenvalue weighted by atomic mass is 32.1. The van der Waals surface area contributed by atoms with E-state index in [0.717, 1.165) is 60.1 Å². The molecule has 0 aliphatic rings. The molecule has 0 aliphatic carbocycles. The summed E-state index contributed by atoms with van der Waals surface area (Å²) in [4.78, 5) is 20.7. The van der Waals surface area contributed by atoms with E-state index in [1.165, 1.54) is 21.2 Å². The SMILES string of the molecule is c1ccc(-c2ccc(-c3nc(-c4ccc(-c5ccccc5)cc4)nc(-c4ccccc4-c4c5ccccc5nc5c4sc4ccccc45)n3)cc2)cc1. The van der Waals surface area contributed by atoms with Crippen molar-refractivity contribution in [3.05, 3.63) is 182 Å². The van der Waals surface area contributed by atoms with Crippen LogP contribution < -0.4 is 0 Å². The zero-order valence-corrected chi connectivity index (χ0v) is 29.3. The first-order chi connectivity index (χ1) is 26.3. The number of rotatable bonds is 6. The molecule has 0 saturated carbocycles. The Morgan fingerprint density at radius 1 is 0.321 bits per heavy atom. The van der Waals surface area contributed by atoms with Crippen LogP contribution >= 0.6 is 11.3 Å². The number of hydrogen-bond acceptors (Lipinski definition) is 5. The summed E-state index contributed by atoms with van der Waals surface area (Å²) in [5.74, 6) is 1.87. The lowest BCUT2D eigenvalue weighted by atomic mass is 9.95. The van der Waals surface area contributed by atoms with Gasteiger partial charge in [-0.1, -0.05) is 170 Å². The van der Waals surface area contributed by atoms with Gasteiger partial charge < -0.3 is 0 Å². The molecule has 0 radical (unpaired) electrons. The first-order valence-corrected chi connectivity index (χ1v) is 18.5. The number of hydrogen-bond donors (Lipinski definition) is 0. The van der Waals surface area contributed by atoms with Crippen molar-refractivity contribution >= 4 is 42.5 Å². The van der Waals surface area contributed by atoms with Gasteiger partial charge in [0, 0.05) is 37.7 Å². The predicted molar refractivity (Wildman–Crippen MR) is 221 cm³/mol. The zero-order valence-electron chi connectivity index (χ0n) is 28.5. The van der Waals surface area contributed by atoms with E-state index in [1.807, 2.05) is 12.1 Å². The number of aromatic nitrogens is 4. The van der Waals surface area contributed by atoms with Crippen molar-refractivity contribution in [3.8, 4) is 67.5 Å². The Morgan fingerprint density at radius 3 is 1.40 bits per heavy atom. The Morgan fingerprint density at radius 2 is 0.774 bits per heavy atom. The van der Waals surface area contributed by atoms with Gasteiger partial charge in [-0.05, 0) is 39.9 Å². The third-order valence-corrected chi connectivity index (χ3v) is 11.0. The number of benzene rings is 7. The zero-order chi connectivity index (χ0) is 35.1. The van der Waals surface area contributed by atoms with Gasteiger partial charge in [0.15, 0.2) is 17.5 Å². The van der Waals surface area contributed by atoms with E-state index < -0.39 is 0 Å². The van der Waals surface area contributed by atoms with Crippen LogP contribution in [0.15, 0.2) is 182 Å². The lowest BCUT2D eigenvalue weighted by molar-refractivity contribution is 1.07. The van der Waals surface area contributed by atoms with Crippen molar-refractivity contribution in [1.29, 1.82) is 0 Å². The van der Waals surface area contributed by atoms with Gasteiger partial charge in [0.05, 0.1) is 15.7 Å². The van der Waals surface area contributed by atoms with Crippen LogP contribution in [0.2, 0.25) is 0 Å². The molecule has 0 fully saturated rings. The summed E-state index contributed by atoms with van der Waals surface area (Å²) in [6.45, 7) is 0. The molecule has 10 aromatic rings. The van der Waals surface area contributed by atoms with E-state index in [1.54, 1.807) is 11.3 Å². The van der Waals surface area contributed by atoms with E-state index in [9.17, 15) is 0 Å². The van der Waals surface area contributed by atoms with E-state index >= 15 is 0 Å². The molecular weight excluding hydrogens is 665 g/mol. The normalized spacial score (nSPS) is 11.4. The Hall–Kier alpha value is -6.82. The highest BCUT2D eigenvalue weighted by Gasteiger charge is 2.21. The molecule has 10 rings (SSSR count). The molecule has 4 nitrogen and oxygen atoms in total. The molecule has 0 aliphatic heterocycles. The summed E-state index contributed by atoms with van der Waals surface area (Å²) >= 11 is 1.79. The number of nitrogens with zero attached hydrogens (tertiary/aromatic N) is 4. The Labute approximate surface area is 310 Å². The fourth-order valence-electron chi connectivity index (χ4n) is 7.14. The fourth-order valence-corrected chi connectivity index (χ4v) is 8.36. The molecule has 0 saturated heterocycles. The average molecular weight is 695 g/mol. The van der Waals surface area contributed by atoms with Gasteiger partial charge in [-0.2, -0.15) is 0 Å². The summed E-state index contributed by atoms with van der Waals surface area (Å²) in [5.41, 5.74) is 11.6. The number of para-hydroxylation sites is 1. The van der Waals surface area contributed by atoms with Crippen molar-refractivity contribution in [2.75, 3.05) is 0 Å². The van der Waals surface area contributed by atoms with Gasteiger partial charge in [-0.3, -0.25) is 0 Å². The molecule has 0 spiro atoms. The standard InChI is InChI=1S/C48H30N4S/c1-3-13-31(14-4-1)33-23-27-35(28-24-33)46-50-47(36-29-25-34(26-30-36)32-15-5-2-6-16-32)52-48(51-46)38-18-8-7-17-37(38)43-39-19-9-11-21-41(39)49-44-40-20-10-12-22-42(40)53-45(43)44/h1-30H. The molecule has 0 atom stereocenters. The first kappa shape index (κ1) is 31.0. The second-order valence-corrected chi connectivity index (χ2v) is 14.1. The summed E-state index contributed by atoms with van der Waals surface area (Å²) in [5, 5.41) is 2.26. The van der Waals surface area contributed by atoms with Crippen LogP contribution in [0.1, 0.15) is 0 Å². The first-order valence-electron chi connectivity index (χ1n) is 17.6. The maximum absolute atomic E-state index is 5.22. The predicted octanol–water partition coefficient (Wildman–Crippen LogP) is 12.8. The van der Waals surface area contributed by atoms with Gasteiger partial charge >= 0.3 is 0 Å². The average Bonchev–Trinajstić information content (AvgIpc) is 3.61. The smallest absolute Gasteiger partial charge is 0.164 e. The molecule has 0 unspecified atom stereocenters. The fraction of sp³-hybridized carbons (Fsp3) is 0. The molecule has 3 heterocycles. The van der Waals surface area contributed by atoms with Crippen LogP contribution in [0.5, 0.6) is 0 Å². The third-order valence-electron chi connectivity index (χ3n) is 9.78. The van der Waals surface area contributed by atoms with Gasteiger partial charge in [-0.25, -0.2) is 19.9 Å². The maximum Gasteiger partial charge on any atom is 0.164 e. The van der Waals surface area contributed by atoms with E-state index in [0.29, 0.717) is 17.5 Å². The highest BCUT2D eigenvalue weighted by molar-refractivity contribution is 7.26. The molecule has 248 valence electrons. The highest BCUT2D eigenvalue weighted by Crippen LogP contribution is 2.45. The monoisotopic (exact) mass is 694 g/mol. The van der Waals surface area contributed by atoms with Crippen molar-refractivity contribution in [3.63, 3.8) is 0 Å². The van der Waals surface area contributed by atoms with Crippen molar-refractivity contribution < 1.29 is 0 Å². The summed E-state index contributed by atoms with van der Waals surface area (Å²) in [7, 11) is 0. The van der Waals surface area contributed by atoms with Gasteiger partial charge in [0.2, 0.25) is 0 Å². The lowest BCUT2D eigenvalue weighted by Crippen LogP contribution is -2.01. The minimum Gasteiger partial charge on any atom is -0.246 e. The Balaban J connectivity index is 1.18. The maximum atomic E-state index is 5.22. The van der Waals surface area contributed by atoms with Gasteiger partial charge in [0.25, 0.3) is 0 Å². The van der Waals surface area contributed by atoms with E-state index in [2.05, 4.69) is 170 Å². The summed E-state index contributed by atoms with van der Waals surface area (Å²) in [6, 6.07) is 63.2. The van der Waals surface area contributed by atoms with Gasteiger partial charge in [0.1, 0.15) is 0 Å². The van der Waals surface area contributed by atoms with E-state index in [4.69, 9.17) is 19.9 Å². The van der Waals surface area contributed by atoms with Crippen LogP contribution in [0.25, 0.3) is 98.7 Å². The lowest BCUT2D eigenvalue weighted by Gasteiger charge is -2.14. The molecule has 0 bridgehead atoms. The third kappa shape index (κ3) is 5.64. The van der Waals surface area contributed by atoms with Gasteiger partial charge in [-0.15, -0.1) is 11.3 Å². The Kier molecular flexibility index (Phi) is 7.63. The summed E-state index contributed by atoms with van der Waals surface area (Å²) in [6.07, 6.45) is 0. The molecular formula is C48H30N4S. The largest absolute Gasteiger partial charge is 0.246 e. The second kappa shape index (κ2) is 13.1. The van der Waals surface area contributed by atoms with E-state index in [-0.39, 0.29) is 0 Å². The van der Waals surface area contributed by atoms with Crippen LogP contribution in [0.4, 0.5) is 0 Å². The molecule has 3 aromatic heterocycles. The van der Waals surface area contributed by atoms with Crippen LogP contribution in [0, 0.1) is 0 Å². The number of pyridine rings is 1. The van der Waals surface area contributed by atoms with Crippen LogP contribution in [0.3, 0.4) is 0 Å². The minimum absolute atomic E-state index is 0.620. The summed E-state index contributed by atoms with van der Waals surface area (Å²) < 4.78 is 2.37. The molecule has 0 amide bonds. The van der Waals surface area contributed by atoms with Crippen molar-refractivity contribution in [2.45, 2.75) is 0 Å². The Bertz CT molecular complexity index is 2820. The second-order valence-electron chi connectivity index (χ2n) is 13.0.